The molecule has 0 radical (unpaired) electrons. The van der Waals surface area contributed by atoms with Gasteiger partial charge in [-0.1, -0.05) is 36.0 Å². The molecule has 0 spiro atoms. The summed E-state index contributed by atoms with van der Waals surface area (Å²) in [6.07, 6.45) is 8.02. The third kappa shape index (κ3) is 7.64. The first-order valence-electron chi connectivity index (χ1n) is 13.0. The first kappa shape index (κ1) is 29.2. The molecular weight excluding hydrogens is 563 g/mol. The minimum absolute atomic E-state index is 0.183. The predicted octanol–water partition coefficient (Wildman–Crippen LogP) is 5.08. The van der Waals surface area contributed by atoms with Crippen LogP contribution in [-0.4, -0.2) is 53.7 Å². The number of carbonyl (C=O) groups is 4. The van der Waals surface area contributed by atoms with Crippen molar-refractivity contribution in [2.75, 3.05) is 13.1 Å². The molecule has 1 aromatic carbocycles. The number of carbonyl (C=O) groups excluding carboxylic acids is 4. The van der Waals surface area contributed by atoms with Gasteiger partial charge in [0.2, 0.25) is 17.7 Å². The van der Waals surface area contributed by atoms with Crippen LogP contribution in [-0.2, 0) is 19.2 Å². The predicted molar refractivity (Wildman–Crippen MR) is 153 cm³/mol. The second-order valence-electron chi connectivity index (χ2n) is 10.0. The molecule has 1 saturated heterocycles. The van der Waals surface area contributed by atoms with Crippen LogP contribution in [0, 0.1) is 10.8 Å². The van der Waals surface area contributed by atoms with Gasteiger partial charge in [-0.3, -0.25) is 19.2 Å². The molecule has 2 heterocycles. The lowest BCUT2D eigenvalue weighted by Gasteiger charge is -2.32. The molecule has 208 valence electrons. The molecular formula is C27H30Cl2N4O5S. The molecule has 2 aliphatic rings. The van der Waals surface area contributed by atoms with Gasteiger partial charge in [-0.05, 0) is 66.1 Å². The van der Waals surface area contributed by atoms with E-state index in [-0.39, 0.29) is 23.8 Å². The molecule has 9 nitrogen and oxygen atoms in total. The lowest BCUT2D eigenvalue weighted by Crippen LogP contribution is -2.53. The van der Waals surface area contributed by atoms with Crippen LogP contribution in [0.5, 0.6) is 0 Å². The Balaban J connectivity index is 1.29. The Bertz CT molecular complexity index is 1280. The zero-order chi connectivity index (χ0) is 27.9. The standard InChI is InChI=1S/C27H30Cl2N4O5S/c28-24-17(14-18-9-12-39-26(18)25(24)29)5-6-23(36)33-10-7-19(8-11-33)30-27(37)20(15-22(35)32-38)31-21(34)13-16-3-1-2-4-16/h5-6,9,12,14,16,19-20H,1-4,7-8,10-11,13,15H2,(H,30,37)(H,31,34)/b6-5+/t20-/m0/s1. The topological polar surface area (TPSA) is 125 Å². The number of piperidine rings is 1. The molecule has 12 heteroatoms. The number of fused-ring (bicyclic) bond motifs is 1. The fourth-order valence-corrected chi connectivity index (χ4v) is 6.59. The highest BCUT2D eigenvalue weighted by Gasteiger charge is 2.29. The number of halogens is 2. The molecule has 2 N–H and O–H groups in total. The van der Waals surface area contributed by atoms with E-state index in [0.29, 0.717) is 48.0 Å². The zero-order valence-electron chi connectivity index (χ0n) is 21.3. The highest BCUT2D eigenvalue weighted by atomic mass is 35.5. The number of rotatable bonds is 9. The van der Waals surface area contributed by atoms with Crippen LogP contribution >= 0.6 is 34.5 Å². The Morgan fingerprint density at radius 3 is 2.51 bits per heavy atom. The number of hydrogen-bond donors (Lipinski definition) is 2. The summed E-state index contributed by atoms with van der Waals surface area (Å²) in [5.41, 5.74) is 0.656. The van der Waals surface area contributed by atoms with Gasteiger partial charge >= 0.3 is 0 Å². The monoisotopic (exact) mass is 592 g/mol. The summed E-state index contributed by atoms with van der Waals surface area (Å²) >= 11 is 14.3. The first-order valence-corrected chi connectivity index (χ1v) is 14.7. The third-order valence-electron chi connectivity index (χ3n) is 7.29. The molecule has 1 aliphatic heterocycles. The van der Waals surface area contributed by atoms with Crippen molar-refractivity contribution in [3.63, 3.8) is 0 Å². The molecule has 4 rings (SSSR count). The Kier molecular flexibility index (Phi) is 10.1. The minimum Gasteiger partial charge on any atom is -0.351 e. The quantitative estimate of drug-likeness (QED) is 0.310. The second kappa shape index (κ2) is 13.5. The Morgan fingerprint density at radius 1 is 1.10 bits per heavy atom. The molecule has 1 aliphatic carbocycles. The van der Waals surface area contributed by atoms with Gasteiger partial charge in [0.15, 0.2) is 0 Å². The van der Waals surface area contributed by atoms with Crippen LogP contribution in [0.15, 0.2) is 28.8 Å². The summed E-state index contributed by atoms with van der Waals surface area (Å²) in [5, 5.41) is 11.6. The van der Waals surface area contributed by atoms with Crippen LogP contribution in [0.2, 0.25) is 10.0 Å². The summed E-state index contributed by atoms with van der Waals surface area (Å²) in [6.45, 7) is 0.833. The highest BCUT2D eigenvalue weighted by Crippen LogP contribution is 2.37. The van der Waals surface area contributed by atoms with E-state index < -0.39 is 24.3 Å². The fourth-order valence-electron chi connectivity index (χ4n) is 5.15. The number of nitrogens with one attached hydrogen (secondary N) is 2. The molecule has 1 atom stereocenters. The zero-order valence-corrected chi connectivity index (χ0v) is 23.6. The molecule has 1 saturated carbocycles. The van der Waals surface area contributed by atoms with Gasteiger partial charge in [0.05, 0.1) is 21.2 Å². The van der Waals surface area contributed by atoms with E-state index in [2.05, 4.69) is 15.8 Å². The summed E-state index contributed by atoms with van der Waals surface area (Å²) in [4.78, 5) is 62.1. The smallest absolute Gasteiger partial charge is 0.288 e. The van der Waals surface area contributed by atoms with Crippen LogP contribution in [0.25, 0.3) is 16.2 Å². The van der Waals surface area contributed by atoms with E-state index >= 15 is 0 Å². The van der Waals surface area contributed by atoms with Crippen molar-refractivity contribution in [2.45, 2.75) is 63.5 Å². The number of likely N-dealkylation sites (tertiary alicyclic amines) is 1. The van der Waals surface area contributed by atoms with E-state index in [4.69, 9.17) is 23.2 Å². The molecule has 2 aromatic rings. The van der Waals surface area contributed by atoms with Crippen molar-refractivity contribution in [3.8, 4) is 0 Å². The normalized spacial score (nSPS) is 17.4. The van der Waals surface area contributed by atoms with Crippen molar-refractivity contribution < 1.29 is 19.2 Å². The van der Waals surface area contributed by atoms with Gasteiger partial charge in [-0.25, -0.2) is 0 Å². The highest BCUT2D eigenvalue weighted by molar-refractivity contribution is 7.18. The average Bonchev–Trinajstić information content (AvgIpc) is 3.62. The summed E-state index contributed by atoms with van der Waals surface area (Å²) in [6, 6.07) is 2.42. The maximum absolute atomic E-state index is 12.9. The fraction of sp³-hybridized carbons (Fsp3) is 0.481. The van der Waals surface area contributed by atoms with Crippen molar-refractivity contribution in [1.82, 2.24) is 15.5 Å². The van der Waals surface area contributed by atoms with Gasteiger partial charge in [0.1, 0.15) is 6.04 Å². The first-order chi connectivity index (χ1) is 18.7. The molecule has 4 amide bonds. The maximum Gasteiger partial charge on any atom is 0.288 e. The number of nitroso groups, excluding NO2 is 1. The van der Waals surface area contributed by atoms with E-state index in [9.17, 15) is 24.1 Å². The van der Waals surface area contributed by atoms with Crippen LogP contribution in [0.3, 0.4) is 0 Å². The number of nitrogens with zero attached hydrogens (tertiary/aromatic N) is 2. The van der Waals surface area contributed by atoms with E-state index in [0.717, 1.165) is 35.8 Å². The van der Waals surface area contributed by atoms with Crippen molar-refractivity contribution in [1.29, 1.82) is 0 Å². The van der Waals surface area contributed by atoms with Gasteiger partial charge < -0.3 is 15.5 Å². The van der Waals surface area contributed by atoms with Gasteiger partial charge in [-0.2, -0.15) is 0 Å². The van der Waals surface area contributed by atoms with E-state index in [1.807, 2.05) is 17.5 Å². The largest absolute Gasteiger partial charge is 0.351 e. The number of amides is 4. The van der Waals surface area contributed by atoms with Gasteiger partial charge in [0, 0.05) is 36.8 Å². The number of hydrogen-bond acceptors (Lipinski definition) is 6. The minimum atomic E-state index is -1.16. The van der Waals surface area contributed by atoms with Crippen LogP contribution < -0.4 is 10.6 Å². The lowest BCUT2D eigenvalue weighted by atomic mass is 10.0. The molecule has 1 aromatic heterocycles. The third-order valence-corrected chi connectivity index (χ3v) is 9.23. The maximum atomic E-state index is 12.9. The summed E-state index contributed by atoms with van der Waals surface area (Å²) in [5.74, 6) is -1.75. The van der Waals surface area contributed by atoms with Crippen molar-refractivity contribution in [2.24, 2.45) is 11.1 Å². The Morgan fingerprint density at radius 2 is 1.82 bits per heavy atom. The molecule has 0 bridgehead atoms. The number of benzene rings is 1. The van der Waals surface area contributed by atoms with Gasteiger partial charge in [0.25, 0.3) is 5.91 Å². The summed E-state index contributed by atoms with van der Waals surface area (Å²) in [7, 11) is 0. The second-order valence-corrected chi connectivity index (χ2v) is 11.7. The van der Waals surface area contributed by atoms with Crippen molar-refractivity contribution >= 4 is 74.3 Å². The molecule has 0 unspecified atom stereocenters. The van der Waals surface area contributed by atoms with Gasteiger partial charge in [-0.15, -0.1) is 16.2 Å². The van der Waals surface area contributed by atoms with E-state index in [1.54, 1.807) is 11.0 Å². The summed E-state index contributed by atoms with van der Waals surface area (Å²) < 4.78 is 0.900. The average molecular weight is 594 g/mol. The van der Waals surface area contributed by atoms with E-state index in [1.165, 1.54) is 17.4 Å². The van der Waals surface area contributed by atoms with Crippen LogP contribution in [0.1, 0.15) is 56.9 Å². The Hall–Kier alpha value is -2.82. The SMILES string of the molecule is O=NC(=O)C[C@H](NC(=O)CC1CCCC1)C(=O)NC1CCN(C(=O)/C=C/c2cc3ccsc3c(Cl)c2Cl)CC1. The van der Waals surface area contributed by atoms with Crippen molar-refractivity contribution in [3.05, 3.63) is 44.1 Å². The molecule has 39 heavy (non-hydrogen) atoms. The molecule has 2 fully saturated rings. The lowest BCUT2D eigenvalue weighted by molar-refractivity contribution is -0.132. The van der Waals surface area contributed by atoms with Crippen LogP contribution in [0.4, 0.5) is 0 Å². The Labute approximate surface area is 240 Å². The number of thiophene rings is 1.